The Bertz CT molecular complexity index is 1040. The highest BCUT2D eigenvalue weighted by molar-refractivity contribution is 5.97. The number of piperazine rings is 2. The van der Waals surface area contributed by atoms with Crippen LogP contribution in [0.2, 0.25) is 0 Å². The van der Waals surface area contributed by atoms with Crippen LogP contribution in [-0.2, 0) is 6.42 Å². The largest absolute Gasteiger partial charge is 0.457 e. The fourth-order valence-electron chi connectivity index (χ4n) is 5.64. The molecule has 2 saturated heterocycles. The first kappa shape index (κ1) is 27.0. The van der Waals surface area contributed by atoms with Gasteiger partial charge in [0.05, 0.1) is 0 Å². The summed E-state index contributed by atoms with van der Waals surface area (Å²) in [7, 11) is 4.32. The summed E-state index contributed by atoms with van der Waals surface area (Å²) in [4.78, 5) is 35.4. The van der Waals surface area contributed by atoms with E-state index in [1.807, 2.05) is 36.4 Å². The van der Waals surface area contributed by atoms with Crippen molar-refractivity contribution >= 4 is 11.6 Å². The van der Waals surface area contributed by atoms with E-state index in [0.29, 0.717) is 19.3 Å². The van der Waals surface area contributed by atoms with Crippen molar-refractivity contribution in [3.05, 3.63) is 58.7 Å². The molecule has 2 fully saturated rings. The highest BCUT2D eigenvalue weighted by atomic mass is 16.5. The topological polar surface area (TPSA) is 56.3 Å². The number of benzene rings is 2. The molecule has 0 unspecified atom stereocenters. The van der Waals surface area contributed by atoms with Crippen LogP contribution in [-0.4, -0.2) is 111 Å². The van der Waals surface area contributed by atoms with Gasteiger partial charge in [0.2, 0.25) is 0 Å². The zero-order valence-electron chi connectivity index (χ0n) is 23.1. The first-order chi connectivity index (χ1) is 18.4. The van der Waals surface area contributed by atoms with Gasteiger partial charge in [-0.05, 0) is 69.9 Å². The molecule has 7 nitrogen and oxygen atoms in total. The van der Waals surface area contributed by atoms with Crippen LogP contribution in [0.15, 0.2) is 36.4 Å². The summed E-state index contributed by atoms with van der Waals surface area (Å²) in [5, 5.41) is 0. The lowest BCUT2D eigenvalue weighted by molar-refractivity contribution is 0.0959. The number of ketones is 2. The van der Waals surface area contributed by atoms with Gasteiger partial charge < -0.3 is 24.3 Å². The van der Waals surface area contributed by atoms with Crippen LogP contribution < -0.4 is 4.74 Å². The van der Waals surface area contributed by atoms with Crippen molar-refractivity contribution in [3.8, 4) is 11.5 Å². The highest BCUT2D eigenvalue weighted by Crippen LogP contribution is 2.37. The van der Waals surface area contributed by atoms with Gasteiger partial charge in [-0.2, -0.15) is 0 Å². The van der Waals surface area contributed by atoms with E-state index < -0.39 is 0 Å². The summed E-state index contributed by atoms with van der Waals surface area (Å²) < 4.78 is 6.19. The van der Waals surface area contributed by atoms with E-state index in [1.54, 1.807) is 0 Å². The van der Waals surface area contributed by atoms with E-state index >= 15 is 0 Å². The minimum Gasteiger partial charge on any atom is -0.457 e. The maximum Gasteiger partial charge on any atom is 0.163 e. The quantitative estimate of drug-likeness (QED) is 0.379. The number of fused-ring (bicyclic) bond motifs is 2. The summed E-state index contributed by atoms with van der Waals surface area (Å²) in [6.45, 7) is 10.7. The zero-order valence-corrected chi connectivity index (χ0v) is 23.1. The molecular formula is C31H42N4O3. The average molecular weight is 519 g/mol. The SMILES string of the molecule is CN1CCN(CCCC(=O)c2ccc3c(c2)Cc2ccc(C(=O)CCCN4CCN(C)CC4)cc2O3)CC1. The van der Waals surface area contributed by atoms with Gasteiger partial charge >= 0.3 is 0 Å². The molecule has 0 spiro atoms. The number of nitrogens with zero attached hydrogens (tertiary/aromatic N) is 4. The van der Waals surface area contributed by atoms with Crippen molar-refractivity contribution in [1.29, 1.82) is 0 Å². The molecule has 0 aliphatic carbocycles. The van der Waals surface area contributed by atoms with Crippen LogP contribution >= 0.6 is 0 Å². The Labute approximate surface area is 227 Å². The van der Waals surface area contributed by atoms with E-state index in [9.17, 15) is 9.59 Å². The average Bonchev–Trinajstić information content (AvgIpc) is 2.93. The maximum atomic E-state index is 12.9. The smallest absolute Gasteiger partial charge is 0.163 e. The van der Waals surface area contributed by atoms with Gasteiger partial charge in [-0.25, -0.2) is 0 Å². The molecule has 7 heteroatoms. The van der Waals surface area contributed by atoms with Gasteiger partial charge in [0.15, 0.2) is 11.6 Å². The van der Waals surface area contributed by atoms with Crippen LogP contribution in [0.4, 0.5) is 0 Å². The van der Waals surface area contributed by atoms with Gasteiger partial charge in [0, 0.05) is 88.3 Å². The number of Topliss-reactive ketones (excluding diaryl/α,β-unsaturated/α-hetero) is 2. The Kier molecular flexibility index (Phi) is 8.89. The molecule has 0 aromatic heterocycles. The van der Waals surface area contributed by atoms with E-state index in [0.717, 1.165) is 112 Å². The van der Waals surface area contributed by atoms with Crippen LogP contribution in [0.5, 0.6) is 11.5 Å². The molecular weight excluding hydrogens is 476 g/mol. The first-order valence-corrected chi connectivity index (χ1v) is 14.3. The molecule has 3 heterocycles. The van der Waals surface area contributed by atoms with Crippen LogP contribution in [0.3, 0.4) is 0 Å². The minimum atomic E-state index is 0.175. The van der Waals surface area contributed by atoms with Crippen molar-refractivity contribution in [3.63, 3.8) is 0 Å². The summed E-state index contributed by atoms with van der Waals surface area (Å²) in [5.41, 5.74) is 3.58. The number of rotatable bonds is 10. The fraction of sp³-hybridized carbons (Fsp3) is 0.548. The Balaban J connectivity index is 1.12. The molecule has 204 valence electrons. The summed E-state index contributed by atoms with van der Waals surface area (Å²) in [6, 6.07) is 11.6. The second-order valence-electron chi connectivity index (χ2n) is 11.3. The lowest BCUT2D eigenvalue weighted by atomic mass is 9.94. The third kappa shape index (κ3) is 6.89. The van der Waals surface area contributed by atoms with E-state index in [-0.39, 0.29) is 11.6 Å². The molecule has 2 aromatic carbocycles. The van der Waals surface area contributed by atoms with Gasteiger partial charge in [0.1, 0.15) is 11.5 Å². The van der Waals surface area contributed by atoms with Crippen molar-refractivity contribution in [2.75, 3.05) is 79.5 Å². The number of likely N-dealkylation sites (N-methyl/N-ethyl adjacent to an activating group) is 2. The monoisotopic (exact) mass is 518 g/mol. The normalized spacial score (nSPS) is 19.0. The number of ether oxygens (including phenoxy) is 1. The molecule has 0 atom stereocenters. The summed E-state index contributed by atoms with van der Waals surface area (Å²) >= 11 is 0. The van der Waals surface area contributed by atoms with E-state index in [1.165, 1.54) is 0 Å². The number of carbonyl (C=O) groups is 2. The van der Waals surface area contributed by atoms with Crippen LogP contribution in [0.1, 0.15) is 57.5 Å². The molecule has 0 radical (unpaired) electrons. The number of hydrogen-bond donors (Lipinski definition) is 0. The third-order valence-electron chi connectivity index (χ3n) is 8.32. The molecule has 0 N–H and O–H groups in total. The van der Waals surface area contributed by atoms with Gasteiger partial charge in [0.25, 0.3) is 0 Å². The standard InChI is InChI=1S/C31H42N4O3/c1-32-13-17-34(18-14-32)11-3-5-28(36)24-9-10-30-27(21-24)22-26-8-7-25(23-31(26)38-30)29(37)6-4-12-35-19-15-33(2)16-20-35/h7-10,21,23H,3-6,11-20,22H2,1-2H3. The maximum absolute atomic E-state index is 12.9. The molecule has 38 heavy (non-hydrogen) atoms. The lowest BCUT2D eigenvalue weighted by Gasteiger charge is -2.32. The van der Waals surface area contributed by atoms with Crippen LogP contribution in [0, 0.1) is 0 Å². The Morgan fingerprint density at radius 3 is 1.76 bits per heavy atom. The van der Waals surface area contributed by atoms with Gasteiger partial charge in [-0.3, -0.25) is 9.59 Å². The second-order valence-corrected chi connectivity index (χ2v) is 11.3. The molecule has 0 saturated carbocycles. The predicted octanol–water partition coefficient (Wildman–Crippen LogP) is 3.80. The molecule has 3 aliphatic rings. The Morgan fingerprint density at radius 1 is 0.658 bits per heavy atom. The van der Waals surface area contributed by atoms with Crippen molar-refractivity contribution in [1.82, 2.24) is 19.6 Å². The van der Waals surface area contributed by atoms with Gasteiger partial charge in [-0.15, -0.1) is 0 Å². The van der Waals surface area contributed by atoms with Crippen molar-refractivity contribution in [2.45, 2.75) is 32.1 Å². The predicted molar refractivity (Wildman–Crippen MR) is 151 cm³/mol. The Morgan fingerprint density at radius 2 is 1.18 bits per heavy atom. The van der Waals surface area contributed by atoms with Crippen molar-refractivity contribution < 1.29 is 14.3 Å². The summed E-state index contributed by atoms with van der Waals surface area (Å²) in [5.74, 6) is 1.92. The molecule has 0 bridgehead atoms. The second kappa shape index (κ2) is 12.5. The third-order valence-corrected chi connectivity index (χ3v) is 8.32. The number of hydrogen-bond acceptors (Lipinski definition) is 7. The van der Waals surface area contributed by atoms with Crippen molar-refractivity contribution in [2.24, 2.45) is 0 Å². The van der Waals surface area contributed by atoms with E-state index in [2.05, 4.69) is 33.7 Å². The van der Waals surface area contributed by atoms with Gasteiger partial charge in [-0.1, -0.05) is 12.1 Å². The molecule has 0 amide bonds. The Hall–Kier alpha value is -2.58. The van der Waals surface area contributed by atoms with Crippen LogP contribution in [0.25, 0.3) is 0 Å². The summed E-state index contributed by atoms with van der Waals surface area (Å²) in [6.07, 6.45) is 3.62. The zero-order chi connectivity index (χ0) is 26.5. The highest BCUT2D eigenvalue weighted by Gasteiger charge is 2.21. The molecule has 3 aliphatic heterocycles. The van der Waals surface area contributed by atoms with E-state index in [4.69, 9.17) is 4.74 Å². The molecule has 5 rings (SSSR count). The lowest BCUT2D eigenvalue weighted by Crippen LogP contribution is -2.44. The number of carbonyl (C=O) groups excluding carboxylic acids is 2. The fourth-order valence-corrected chi connectivity index (χ4v) is 5.64. The minimum absolute atomic E-state index is 0.175. The molecule has 2 aromatic rings. The first-order valence-electron chi connectivity index (χ1n) is 14.3.